The van der Waals surface area contributed by atoms with Gasteiger partial charge in [0.05, 0.1) is 6.04 Å². The number of rotatable bonds is 2. The highest BCUT2D eigenvalue weighted by Crippen LogP contribution is 2.32. The average molecular weight is 254 g/mol. The molecule has 4 N–H and O–H groups in total. The second-order valence-corrected chi connectivity index (χ2v) is 6.41. The lowest BCUT2D eigenvalue weighted by Crippen LogP contribution is -2.44. The number of thioether (sulfide) groups is 1. The van der Waals surface area contributed by atoms with Gasteiger partial charge in [0, 0.05) is 29.9 Å². The van der Waals surface area contributed by atoms with E-state index in [1.807, 2.05) is 0 Å². The quantitative estimate of drug-likeness (QED) is 0.619. The van der Waals surface area contributed by atoms with E-state index in [0.29, 0.717) is 22.4 Å². The molecule has 0 aromatic rings. The predicted molar refractivity (Wildman–Crippen MR) is 69.2 cm³/mol. The van der Waals surface area contributed by atoms with Gasteiger partial charge in [0.15, 0.2) is 5.04 Å². The maximum atomic E-state index is 11.9. The van der Waals surface area contributed by atoms with E-state index in [-0.39, 0.29) is 18.0 Å². The minimum atomic E-state index is -0.0324. The number of nitrogens with zero attached hydrogens (tertiary/aromatic N) is 1. The Balaban J connectivity index is 1.61. The van der Waals surface area contributed by atoms with Crippen LogP contribution in [0, 0.1) is 0 Å². The first-order valence-electron chi connectivity index (χ1n) is 6.18. The summed E-state index contributed by atoms with van der Waals surface area (Å²) in [6.45, 7) is 3.11. The van der Waals surface area contributed by atoms with Crippen molar-refractivity contribution in [3.05, 3.63) is 0 Å². The second kappa shape index (κ2) is 4.26. The topological polar surface area (TPSA) is 79.5 Å². The van der Waals surface area contributed by atoms with Crippen LogP contribution < -0.4 is 16.4 Å². The molecule has 94 valence electrons. The Morgan fingerprint density at radius 1 is 1.59 bits per heavy atom. The molecule has 1 saturated heterocycles. The van der Waals surface area contributed by atoms with Gasteiger partial charge in [0.2, 0.25) is 0 Å². The van der Waals surface area contributed by atoms with Crippen LogP contribution in [0.3, 0.4) is 0 Å². The molecule has 5 atom stereocenters. The fourth-order valence-corrected chi connectivity index (χ4v) is 3.51. The van der Waals surface area contributed by atoms with Crippen molar-refractivity contribution in [2.45, 2.75) is 49.2 Å². The number of hydrogen-bond acceptors (Lipinski definition) is 5. The number of aliphatic imine (C=N–C) groups is 1. The zero-order valence-electron chi connectivity index (χ0n) is 9.85. The summed E-state index contributed by atoms with van der Waals surface area (Å²) in [5.41, 5.74) is 5.68. The molecule has 5 unspecified atom stereocenters. The van der Waals surface area contributed by atoms with Crippen LogP contribution in [-0.2, 0) is 4.79 Å². The van der Waals surface area contributed by atoms with Crippen LogP contribution in [0.2, 0.25) is 0 Å². The second-order valence-electron chi connectivity index (χ2n) is 5.18. The summed E-state index contributed by atoms with van der Waals surface area (Å²) in [5.74, 6) is -0.0324. The molecule has 5 nitrogen and oxygen atoms in total. The Hall–Kier alpha value is -0.590. The third kappa shape index (κ3) is 2.34. The van der Waals surface area contributed by atoms with Crippen molar-refractivity contribution < 1.29 is 4.79 Å². The summed E-state index contributed by atoms with van der Waals surface area (Å²) in [6, 6.07) is 1.13. The van der Waals surface area contributed by atoms with Gasteiger partial charge in [0.1, 0.15) is 0 Å². The minimum Gasteiger partial charge on any atom is -0.346 e. The first-order chi connectivity index (χ1) is 8.13. The maximum Gasteiger partial charge on any atom is 0.276 e. The fraction of sp³-hybridized carbons (Fsp3) is 0.818. The van der Waals surface area contributed by atoms with Crippen LogP contribution in [0.5, 0.6) is 0 Å². The summed E-state index contributed by atoms with van der Waals surface area (Å²) in [7, 11) is 0. The summed E-state index contributed by atoms with van der Waals surface area (Å²) in [5, 5.41) is 7.44. The van der Waals surface area contributed by atoms with E-state index in [2.05, 4.69) is 22.5 Å². The Kier molecular flexibility index (Phi) is 2.88. The maximum absolute atomic E-state index is 11.9. The third-order valence-corrected chi connectivity index (χ3v) is 4.89. The highest BCUT2D eigenvalue weighted by Gasteiger charge is 2.40. The van der Waals surface area contributed by atoms with Crippen molar-refractivity contribution in [2.24, 2.45) is 10.7 Å². The van der Waals surface area contributed by atoms with Crippen molar-refractivity contribution in [3.8, 4) is 0 Å². The lowest BCUT2D eigenvalue weighted by molar-refractivity contribution is -0.114. The summed E-state index contributed by atoms with van der Waals surface area (Å²) in [6.07, 6.45) is 1.92. The van der Waals surface area contributed by atoms with Gasteiger partial charge >= 0.3 is 0 Å². The van der Waals surface area contributed by atoms with E-state index in [4.69, 9.17) is 5.73 Å². The number of amides is 1. The highest BCUT2D eigenvalue weighted by atomic mass is 32.2. The molecule has 17 heavy (non-hydrogen) atoms. The summed E-state index contributed by atoms with van der Waals surface area (Å²) in [4.78, 5) is 16.5. The van der Waals surface area contributed by atoms with Crippen molar-refractivity contribution in [2.75, 3.05) is 6.54 Å². The van der Waals surface area contributed by atoms with Crippen LogP contribution in [0.4, 0.5) is 0 Å². The molecule has 6 heteroatoms. The monoisotopic (exact) mass is 254 g/mol. The normalized spacial score (nSPS) is 43.9. The number of piperidine rings is 1. The van der Waals surface area contributed by atoms with Crippen LogP contribution in [0.15, 0.2) is 4.99 Å². The van der Waals surface area contributed by atoms with Gasteiger partial charge in [-0.3, -0.25) is 9.79 Å². The predicted octanol–water partition coefficient (Wildman–Crippen LogP) is -0.533. The van der Waals surface area contributed by atoms with E-state index >= 15 is 0 Å². The molecule has 2 aliphatic heterocycles. The number of fused-ring (bicyclic) bond motifs is 1. The van der Waals surface area contributed by atoms with Crippen LogP contribution >= 0.6 is 11.8 Å². The molecule has 0 spiro atoms. The number of carbonyl (C=O) groups is 1. The molecule has 3 aliphatic rings. The number of nitrogens with two attached hydrogens (primary N) is 1. The van der Waals surface area contributed by atoms with Gasteiger partial charge in [-0.25, -0.2) is 0 Å². The average Bonchev–Trinajstić information content (AvgIpc) is 2.81. The Labute approximate surface area is 105 Å². The largest absolute Gasteiger partial charge is 0.346 e. The molecule has 1 amide bonds. The SMILES string of the molecule is CC1CC2N=C(C(=O)NC3CC3N)SC2CN1. The number of hydrogen-bond donors (Lipinski definition) is 3. The Bertz CT molecular complexity index is 372. The van der Waals surface area contributed by atoms with Crippen molar-refractivity contribution in [3.63, 3.8) is 0 Å². The van der Waals surface area contributed by atoms with E-state index in [9.17, 15) is 4.79 Å². The summed E-state index contributed by atoms with van der Waals surface area (Å²) >= 11 is 1.61. The van der Waals surface area contributed by atoms with Crippen molar-refractivity contribution >= 4 is 22.7 Å². The van der Waals surface area contributed by atoms with Gasteiger partial charge in [0.25, 0.3) is 5.91 Å². The molecule has 2 heterocycles. The minimum absolute atomic E-state index is 0.0324. The lowest BCUT2D eigenvalue weighted by Gasteiger charge is -2.28. The number of carbonyl (C=O) groups excluding carboxylic acids is 1. The van der Waals surface area contributed by atoms with E-state index in [1.165, 1.54) is 0 Å². The van der Waals surface area contributed by atoms with Crippen LogP contribution in [0.25, 0.3) is 0 Å². The molecule has 1 saturated carbocycles. The van der Waals surface area contributed by atoms with Gasteiger partial charge in [-0.1, -0.05) is 11.8 Å². The molecule has 2 fully saturated rings. The molecule has 0 aromatic carbocycles. The Morgan fingerprint density at radius 2 is 2.35 bits per heavy atom. The van der Waals surface area contributed by atoms with Gasteiger partial charge < -0.3 is 16.4 Å². The van der Waals surface area contributed by atoms with E-state index in [1.54, 1.807) is 11.8 Å². The molecule has 0 aromatic heterocycles. The first-order valence-corrected chi connectivity index (χ1v) is 7.05. The summed E-state index contributed by atoms with van der Waals surface area (Å²) < 4.78 is 0. The molecule has 0 bridgehead atoms. The molecule has 1 aliphatic carbocycles. The smallest absolute Gasteiger partial charge is 0.276 e. The van der Waals surface area contributed by atoms with E-state index in [0.717, 1.165) is 19.4 Å². The number of nitrogens with one attached hydrogen (secondary N) is 2. The van der Waals surface area contributed by atoms with Crippen LogP contribution in [-0.4, -0.2) is 46.9 Å². The Morgan fingerprint density at radius 3 is 3.06 bits per heavy atom. The fourth-order valence-electron chi connectivity index (χ4n) is 2.35. The van der Waals surface area contributed by atoms with Gasteiger partial charge in [-0.05, 0) is 19.8 Å². The lowest BCUT2D eigenvalue weighted by atomic mass is 10.0. The van der Waals surface area contributed by atoms with Crippen molar-refractivity contribution in [1.82, 2.24) is 10.6 Å². The first kappa shape index (κ1) is 11.5. The van der Waals surface area contributed by atoms with Gasteiger partial charge in [-0.2, -0.15) is 0 Å². The standard InChI is InChI=1S/C11H18N4OS/c1-5-2-8-9(4-13-5)17-11(15-8)10(16)14-7-3-6(7)12/h5-9,13H,2-4,12H2,1H3,(H,14,16). The van der Waals surface area contributed by atoms with Crippen LogP contribution in [0.1, 0.15) is 19.8 Å². The van der Waals surface area contributed by atoms with Crippen molar-refractivity contribution in [1.29, 1.82) is 0 Å². The molecular weight excluding hydrogens is 236 g/mol. The molecule has 3 rings (SSSR count). The molecular formula is C11H18N4OS. The molecule has 0 radical (unpaired) electrons. The third-order valence-electron chi connectivity index (χ3n) is 3.59. The zero-order chi connectivity index (χ0) is 12.0. The zero-order valence-corrected chi connectivity index (χ0v) is 10.7. The van der Waals surface area contributed by atoms with Gasteiger partial charge in [-0.15, -0.1) is 0 Å². The highest BCUT2D eigenvalue weighted by molar-refractivity contribution is 8.16. The van der Waals surface area contributed by atoms with E-state index < -0.39 is 0 Å².